The average molecular weight is 223 g/mol. The van der Waals surface area contributed by atoms with Gasteiger partial charge in [0.2, 0.25) is 0 Å². The second-order valence-corrected chi connectivity index (χ2v) is 3.35. The van der Waals surface area contributed by atoms with Gasteiger partial charge < -0.3 is 9.47 Å². The van der Waals surface area contributed by atoms with Crippen molar-refractivity contribution < 1.29 is 19.2 Å². The van der Waals surface area contributed by atoms with Crippen LogP contribution in [0.3, 0.4) is 0 Å². The zero-order chi connectivity index (χ0) is 11.7. The van der Waals surface area contributed by atoms with Crippen LogP contribution >= 0.6 is 0 Å². The van der Waals surface area contributed by atoms with Crippen LogP contribution in [0, 0.1) is 10.1 Å². The minimum Gasteiger partial charge on any atom is -0.467 e. The van der Waals surface area contributed by atoms with Gasteiger partial charge in [0, 0.05) is 12.1 Å². The molecule has 0 radical (unpaired) electrons. The van der Waals surface area contributed by atoms with Crippen molar-refractivity contribution in [3.05, 3.63) is 39.9 Å². The summed E-state index contributed by atoms with van der Waals surface area (Å²) in [5.74, 6) is -0.427. The van der Waals surface area contributed by atoms with Crippen LogP contribution in [0.4, 0.5) is 5.69 Å². The predicted molar refractivity (Wildman–Crippen MR) is 52.7 cm³/mol. The third kappa shape index (κ3) is 1.87. The second-order valence-electron chi connectivity index (χ2n) is 3.35. The number of non-ortho nitro benzene ring substituents is 1. The monoisotopic (exact) mass is 223 g/mol. The summed E-state index contributed by atoms with van der Waals surface area (Å²) >= 11 is 0. The van der Waals surface area contributed by atoms with Crippen molar-refractivity contribution in [2.24, 2.45) is 0 Å². The number of ether oxygens (including phenoxy) is 2. The van der Waals surface area contributed by atoms with Crippen molar-refractivity contribution in [3.63, 3.8) is 0 Å². The van der Waals surface area contributed by atoms with Crippen molar-refractivity contribution in [1.82, 2.24) is 0 Å². The number of nitro benzene ring substituents is 1. The first-order valence-corrected chi connectivity index (χ1v) is 4.61. The van der Waals surface area contributed by atoms with Gasteiger partial charge in [0.15, 0.2) is 6.10 Å². The molecule has 1 fully saturated rings. The zero-order valence-corrected chi connectivity index (χ0v) is 8.45. The second kappa shape index (κ2) is 3.90. The molecule has 6 nitrogen and oxygen atoms in total. The van der Waals surface area contributed by atoms with E-state index in [1.54, 1.807) is 12.1 Å². The summed E-state index contributed by atoms with van der Waals surface area (Å²) in [7, 11) is 1.29. The molecule has 2 rings (SSSR count). The van der Waals surface area contributed by atoms with Crippen molar-refractivity contribution in [2.75, 3.05) is 7.11 Å². The number of methoxy groups -OCH3 is 1. The van der Waals surface area contributed by atoms with Crippen molar-refractivity contribution >= 4 is 11.7 Å². The van der Waals surface area contributed by atoms with Crippen LogP contribution < -0.4 is 0 Å². The van der Waals surface area contributed by atoms with Crippen LogP contribution in [0.25, 0.3) is 0 Å². The lowest BCUT2D eigenvalue weighted by Gasteiger charge is -1.95. The Labute approximate surface area is 90.9 Å². The first-order valence-electron chi connectivity index (χ1n) is 4.61. The molecule has 1 saturated heterocycles. The lowest BCUT2D eigenvalue weighted by atomic mass is 10.1. The molecule has 0 unspecified atom stereocenters. The van der Waals surface area contributed by atoms with Crippen LogP contribution in [-0.2, 0) is 14.3 Å². The minimum atomic E-state index is -0.577. The SMILES string of the molecule is COC(=O)[C@@H]1O[C@@H]1c1ccc([N+](=O)[O-])cc1. The van der Waals surface area contributed by atoms with Gasteiger partial charge in [-0.15, -0.1) is 0 Å². The van der Waals surface area contributed by atoms with E-state index >= 15 is 0 Å². The van der Waals surface area contributed by atoms with E-state index in [0.29, 0.717) is 0 Å². The predicted octanol–water partition coefficient (Wildman–Crippen LogP) is 1.21. The summed E-state index contributed by atoms with van der Waals surface area (Å²) in [6.45, 7) is 0. The Balaban J connectivity index is 2.07. The van der Waals surface area contributed by atoms with Gasteiger partial charge in [-0.1, -0.05) is 0 Å². The molecule has 0 bridgehead atoms. The first-order chi connectivity index (χ1) is 7.63. The standard InChI is InChI=1S/C10H9NO5/c1-15-10(12)9-8(16-9)6-2-4-7(5-3-6)11(13)14/h2-5,8-9H,1H3/t8-,9-/m1/s1. The molecule has 0 saturated carbocycles. The Hall–Kier alpha value is -1.95. The number of benzene rings is 1. The third-order valence-electron chi connectivity index (χ3n) is 2.36. The fourth-order valence-electron chi connectivity index (χ4n) is 1.45. The zero-order valence-electron chi connectivity index (χ0n) is 8.45. The fourth-order valence-corrected chi connectivity index (χ4v) is 1.45. The van der Waals surface area contributed by atoms with Gasteiger partial charge in [-0.05, 0) is 17.7 Å². The van der Waals surface area contributed by atoms with Gasteiger partial charge in [0.1, 0.15) is 6.10 Å². The number of esters is 1. The van der Waals surface area contributed by atoms with Crippen LogP contribution in [0.1, 0.15) is 11.7 Å². The molecule has 1 heterocycles. The van der Waals surface area contributed by atoms with E-state index in [0.717, 1.165) is 5.56 Å². The maximum absolute atomic E-state index is 11.1. The van der Waals surface area contributed by atoms with Gasteiger partial charge in [-0.3, -0.25) is 10.1 Å². The normalized spacial score (nSPS) is 22.6. The molecule has 6 heteroatoms. The smallest absolute Gasteiger partial charge is 0.338 e. The molecule has 0 spiro atoms. The molecule has 1 aliphatic rings. The summed E-state index contributed by atoms with van der Waals surface area (Å²) in [4.78, 5) is 21.0. The molecular weight excluding hydrogens is 214 g/mol. The summed E-state index contributed by atoms with van der Waals surface area (Å²) in [5, 5.41) is 10.4. The molecule has 84 valence electrons. The Morgan fingerprint density at radius 1 is 1.44 bits per heavy atom. The third-order valence-corrected chi connectivity index (χ3v) is 2.36. The minimum absolute atomic E-state index is 0.0130. The van der Waals surface area contributed by atoms with Crippen LogP contribution in [0.2, 0.25) is 0 Å². The maximum Gasteiger partial charge on any atom is 0.338 e. The number of carbonyl (C=O) groups excluding carboxylic acids is 1. The number of hydrogen-bond acceptors (Lipinski definition) is 5. The lowest BCUT2D eigenvalue weighted by Crippen LogP contribution is -2.09. The summed E-state index contributed by atoms with van der Waals surface area (Å²) in [6, 6.07) is 5.91. The fraction of sp³-hybridized carbons (Fsp3) is 0.300. The highest BCUT2D eigenvalue weighted by atomic mass is 16.6. The molecule has 1 aromatic carbocycles. The highest BCUT2D eigenvalue weighted by molar-refractivity contribution is 5.78. The summed E-state index contributed by atoms with van der Waals surface area (Å²) in [6.07, 6.45) is -0.917. The largest absolute Gasteiger partial charge is 0.467 e. The summed E-state index contributed by atoms with van der Waals surface area (Å²) < 4.78 is 9.63. The number of nitro groups is 1. The van der Waals surface area contributed by atoms with E-state index < -0.39 is 17.0 Å². The van der Waals surface area contributed by atoms with Crippen LogP contribution in [-0.4, -0.2) is 24.1 Å². The van der Waals surface area contributed by atoms with E-state index in [1.165, 1.54) is 19.2 Å². The molecule has 0 aromatic heterocycles. The molecule has 0 N–H and O–H groups in total. The molecule has 0 aliphatic carbocycles. The highest BCUT2D eigenvalue weighted by Crippen LogP contribution is 2.39. The van der Waals surface area contributed by atoms with Gasteiger partial charge in [-0.25, -0.2) is 4.79 Å². The van der Waals surface area contributed by atoms with E-state index in [2.05, 4.69) is 4.74 Å². The van der Waals surface area contributed by atoms with Gasteiger partial charge in [0.25, 0.3) is 5.69 Å². The van der Waals surface area contributed by atoms with Crippen molar-refractivity contribution in [2.45, 2.75) is 12.2 Å². The lowest BCUT2D eigenvalue weighted by molar-refractivity contribution is -0.384. The van der Waals surface area contributed by atoms with E-state index in [1.807, 2.05) is 0 Å². The van der Waals surface area contributed by atoms with Crippen molar-refractivity contribution in [1.29, 1.82) is 0 Å². The number of rotatable bonds is 3. The van der Waals surface area contributed by atoms with Crippen LogP contribution in [0.15, 0.2) is 24.3 Å². The number of nitrogens with zero attached hydrogens (tertiary/aromatic N) is 1. The quantitative estimate of drug-likeness (QED) is 0.333. The number of carbonyl (C=O) groups is 1. The van der Waals surface area contributed by atoms with Gasteiger partial charge in [0.05, 0.1) is 12.0 Å². The van der Waals surface area contributed by atoms with Gasteiger partial charge >= 0.3 is 5.97 Å². The van der Waals surface area contributed by atoms with Gasteiger partial charge in [-0.2, -0.15) is 0 Å². The topological polar surface area (TPSA) is 82.0 Å². The Morgan fingerprint density at radius 3 is 2.56 bits per heavy atom. The van der Waals surface area contributed by atoms with Crippen LogP contribution in [0.5, 0.6) is 0 Å². The average Bonchev–Trinajstić information content (AvgIpc) is 3.08. The van der Waals surface area contributed by atoms with E-state index in [9.17, 15) is 14.9 Å². The summed E-state index contributed by atoms with van der Waals surface area (Å²) in [5.41, 5.74) is 0.750. The molecule has 0 amide bonds. The van der Waals surface area contributed by atoms with E-state index in [4.69, 9.17) is 4.74 Å². The number of hydrogen-bond donors (Lipinski definition) is 0. The van der Waals surface area contributed by atoms with E-state index in [-0.39, 0.29) is 11.8 Å². The molecule has 1 aromatic rings. The number of epoxide rings is 1. The van der Waals surface area contributed by atoms with Crippen molar-refractivity contribution in [3.8, 4) is 0 Å². The highest BCUT2D eigenvalue weighted by Gasteiger charge is 2.47. The Bertz CT molecular complexity index is 427. The molecule has 2 atom stereocenters. The molecule has 1 aliphatic heterocycles. The molecule has 16 heavy (non-hydrogen) atoms. The molecular formula is C10H9NO5. The Morgan fingerprint density at radius 2 is 2.06 bits per heavy atom. The maximum atomic E-state index is 11.1. The first kappa shape index (κ1) is 10.6. The Kier molecular flexibility index (Phi) is 2.57.